The molecule has 0 fully saturated rings. The summed E-state index contributed by atoms with van der Waals surface area (Å²) in [4.78, 5) is 13.5. The van der Waals surface area contributed by atoms with Gasteiger partial charge in [-0.3, -0.25) is 9.69 Å². The highest BCUT2D eigenvalue weighted by Gasteiger charge is 2.13. The van der Waals surface area contributed by atoms with Gasteiger partial charge in [0.05, 0.1) is 6.54 Å². The van der Waals surface area contributed by atoms with E-state index in [1.165, 1.54) is 0 Å². The van der Waals surface area contributed by atoms with Gasteiger partial charge in [-0.15, -0.1) is 11.8 Å². The van der Waals surface area contributed by atoms with Crippen molar-refractivity contribution >= 4 is 29.3 Å². The smallest absolute Gasteiger partial charge is 0.317 e. The van der Waals surface area contributed by atoms with Crippen LogP contribution in [-0.2, 0) is 11.3 Å². The van der Waals surface area contributed by atoms with Gasteiger partial charge >= 0.3 is 5.97 Å². The Morgan fingerprint density at radius 2 is 2.17 bits per heavy atom. The molecule has 0 aliphatic carbocycles. The van der Waals surface area contributed by atoms with E-state index >= 15 is 0 Å². The molecule has 0 heterocycles. The van der Waals surface area contributed by atoms with Gasteiger partial charge in [-0.2, -0.15) is 0 Å². The lowest BCUT2D eigenvalue weighted by Crippen LogP contribution is -2.25. The third-order valence-electron chi connectivity index (χ3n) is 2.27. The Labute approximate surface area is 117 Å². The zero-order valence-electron chi connectivity index (χ0n) is 10.8. The molecule has 0 spiro atoms. The molecule has 3 nitrogen and oxygen atoms in total. The Bertz CT molecular complexity index is 423. The SMILES string of the molecule is CC(C)Sc1cccc(Cl)c1CN(C)CC(=O)O. The van der Waals surface area contributed by atoms with E-state index in [4.69, 9.17) is 16.7 Å². The van der Waals surface area contributed by atoms with Crippen molar-refractivity contribution in [2.75, 3.05) is 13.6 Å². The zero-order chi connectivity index (χ0) is 13.7. The number of nitrogens with zero attached hydrogens (tertiary/aromatic N) is 1. The number of carboxylic acid groups (broad SMARTS) is 1. The molecule has 1 N–H and O–H groups in total. The van der Waals surface area contributed by atoms with Gasteiger partial charge in [-0.1, -0.05) is 31.5 Å². The lowest BCUT2D eigenvalue weighted by atomic mass is 10.2. The molecule has 0 atom stereocenters. The Morgan fingerprint density at radius 3 is 2.72 bits per heavy atom. The minimum atomic E-state index is -0.831. The number of likely N-dealkylation sites (N-methyl/N-ethyl adjacent to an activating group) is 1. The number of hydrogen-bond donors (Lipinski definition) is 1. The van der Waals surface area contributed by atoms with Crippen molar-refractivity contribution in [3.05, 3.63) is 28.8 Å². The van der Waals surface area contributed by atoms with Crippen LogP contribution in [0.3, 0.4) is 0 Å². The molecule has 1 rings (SSSR count). The lowest BCUT2D eigenvalue weighted by Gasteiger charge is -2.18. The van der Waals surface area contributed by atoms with Crippen LogP contribution in [0.4, 0.5) is 0 Å². The van der Waals surface area contributed by atoms with Crippen LogP contribution in [0.25, 0.3) is 0 Å². The fraction of sp³-hybridized carbons (Fsp3) is 0.462. The highest BCUT2D eigenvalue weighted by Crippen LogP contribution is 2.31. The van der Waals surface area contributed by atoms with Crippen LogP contribution >= 0.6 is 23.4 Å². The predicted octanol–water partition coefficient (Wildman–Crippen LogP) is 3.36. The number of benzene rings is 1. The molecule has 0 aliphatic rings. The number of carboxylic acids is 1. The topological polar surface area (TPSA) is 40.5 Å². The molecule has 0 unspecified atom stereocenters. The summed E-state index contributed by atoms with van der Waals surface area (Å²) in [5, 5.41) is 9.92. The van der Waals surface area contributed by atoms with Gasteiger partial charge in [-0.05, 0) is 24.7 Å². The molecule has 0 saturated carbocycles. The van der Waals surface area contributed by atoms with Crippen LogP contribution in [-0.4, -0.2) is 34.8 Å². The van der Waals surface area contributed by atoms with E-state index < -0.39 is 5.97 Å². The quantitative estimate of drug-likeness (QED) is 0.815. The number of halogens is 1. The van der Waals surface area contributed by atoms with E-state index in [-0.39, 0.29) is 6.54 Å². The van der Waals surface area contributed by atoms with Crippen molar-refractivity contribution in [1.29, 1.82) is 0 Å². The maximum atomic E-state index is 10.7. The normalized spacial score (nSPS) is 11.2. The van der Waals surface area contributed by atoms with Crippen molar-refractivity contribution < 1.29 is 9.90 Å². The second-order valence-corrected chi connectivity index (χ2v) is 6.47. The monoisotopic (exact) mass is 287 g/mol. The largest absolute Gasteiger partial charge is 0.480 e. The average molecular weight is 288 g/mol. The number of carbonyl (C=O) groups is 1. The van der Waals surface area contributed by atoms with Crippen molar-refractivity contribution in [3.63, 3.8) is 0 Å². The Balaban J connectivity index is 2.88. The van der Waals surface area contributed by atoms with E-state index in [1.807, 2.05) is 18.2 Å². The summed E-state index contributed by atoms with van der Waals surface area (Å²) in [6, 6.07) is 5.80. The fourth-order valence-electron chi connectivity index (χ4n) is 1.61. The molecule has 1 aromatic rings. The Morgan fingerprint density at radius 1 is 1.50 bits per heavy atom. The van der Waals surface area contributed by atoms with Gasteiger partial charge in [0.15, 0.2) is 0 Å². The predicted molar refractivity (Wildman–Crippen MR) is 76.4 cm³/mol. The summed E-state index contributed by atoms with van der Waals surface area (Å²) in [6.45, 7) is 4.80. The first-order valence-electron chi connectivity index (χ1n) is 5.74. The summed E-state index contributed by atoms with van der Waals surface area (Å²) >= 11 is 7.95. The maximum Gasteiger partial charge on any atom is 0.317 e. The first-order valence-corrected chi connectivity index (χ1v) is 7.00. The third kappa shape index (κ3) is 4.88. The number of thioether (sulfide) groups is 1. The van der Waals surface area contributed by atoms with Crippen LogP contribution in [0.1, 0.15) is 19.4 Å². The molecular formula is C13H18ClNO2S. The molecule has 0 aliphatic heterocycles. The summed E-state index contributed by atoms with van der Waals surface area (Å²) < 4.78 is 0. The molecule has 0 amide bonds. The highest BCUT2D eigenvalue weighted by molar-refractivity contribution is 8.00. The maximum absolute atomic E-state index is 10.7. The first-order chi connectivity index (χ1) is 8.40. The minimum Gasteiger partial charge on any atom is -0.480 e. The molecule has 0 aromatic heterocycles. The van der Waals surface area contributed by atoms with Crippen LogP contribution in [0.5, 0.6) is 0 Å². The molecule has 0 saturated heterocycles. The van der Waals surface area contributed by atoms with E-state index in [0.29, 0.717) is 16.8 Å². The zero-order valence-corrected chi connectivity index (χ0v) is 12.4. The number of rotatable bonds is 6. The fourth-order valence-corrected chi connectivity index (χ4v) is 2.89. The van der Waals surface area contributed by atoms with Crippen LogP contribution in [0.2, 0.25) is 5.02 Å². The summed E-state index contributed by atoms with van der Waals surface area (Å²) in [6.07, 6.45) is 0. The van der Waals surface area contributed by atoms with E-state index in [9.17, 15) is 4.79 Å². The molecule has 5 heteroatoms. The molecule has 0 bridgehead atoms. The summed E-state index contributed by atoms with van der Waals surface area (Å²) in [5.41, 5.74) is 1.00. The molecule has 100 valence electrons. The van der Waals surface area contributed by atoms with Gasteiger partial charge in [0, 0.05) is 21.7 Å². The van der Waals surface area contributed by atoms with Crippen molar-refractivity contribution in [2.24, 2.45) is 0 Å². The van der Waals surface area contributed by atoms with Gasteiger partial charge < -0.3 is 5.11 Å². The van der Waals surface area contributed by atoms with Crippen molar-refractivity contribution in [3.8, 4) is 0 Å². The number of aliphatic carboxylic acids is 1. The van der Waals surface area contributed by atoms with Gasteiger partial charge in [0.25, 0.3) is 0 Å². The number of hydrogen-bond acceptors (Lipinski definition) is 3. The second-order valence-electron chi connectivity index (χ2n) is 4.45. The lowest BCUT2D eigenvalue weighted by molar-refractivity contribution is -0.138. The van der Waals surface area contributed by atoms with Crippen LogP contribution < -0.4 is 0 Å². The van der Waals surface area contributed by atoms with Crippen LogP contribution in [0, 0.1) is 0 Å². The third-order valence-corrected chi connectivity index (χ3v) is 3.73. The highest BCUT2D eigenvalue weighted by atomic mass is 35.5. The molecule has 0 radical (unpaired) electrons. The second kappa shape index (κ2) is 7.02. The minimum absolute atomic E-state index is 0.0109. The van der Waals surface area contributed by atoms with Crippen LogP contribution in [0.15, 0.2) is 23.1 Å². The van der Waals surface area contributed by atoms with E-state index in [0.717, 1.165) is 10.5 Å². The Hall–Kier alpha value is -0.710. The van der Waals surface area contributed by atoms with Crippen molar-refractivity contribution in [2.45, 2.75) is 30.5 Å². The standard InChI is InChI=1S/C13H18ClNO2S/c1-9(2)18-12-6-4-5-11(14)10(12)7-15(3)8-13(16)17/h4-6,9H,7-8H2,1-3H3,(H,16,17). The molecular weight excluding hydrogens is 270 g/mol. The average Bonchev–Trinajstić information content (AvgIpc) is 2.21. The van der Waals surface area contributed by atoms with Crippen molar-refractivity contribution in [1.82, 2.24) is 4.90 Å². The van der Waals surface area contributed by atoms with Gasteiger partial charge in [0.2, 0.25) is 0 Å². The van der Waals surface area contributed by atoms with Gasteiger partial charge in [-0.25, -0.2) is 0 Å². The van der Waals surface area contributed by atoms with Gasteiger partial charge in [0.1, 0.15) is 0 Å². The summed E-state index contributed by atoms with van der Waals surface area (Å²) in [5.74, 6) is -0.831. The molecule has 18 heavy (non-hydrogen) atoms. The molecule has 1 aromatic carbocycles. The van der Waals surface area contributed by atoms with E-state index in [1.54, 1.807) is 23.7 Å². The first kappa shape index (κ1) is 15.3. The Kier molecular flexibility index (Phi) is 5.99. The summed E-state index contributed by atoms with van der Waals surface area (Å²) in [7, 11) is 1.78. The van der Waals surface area contributed by atoms with E-state index in [2.05, 4.69) is 13.8 Å².